The van der Waals surface area contributed by atoms with E-state index in [1.165, 1.54) is 11.1 Å². The standard InChI is InChI=1S/C28H32N2O5/c1-30(19-13-18(14-19)27(32)33)26(31)24(17-7-6-8-17)15-29-28(34)35-16-25-22-11-4-2-9-20(22)21-10-3-5-12-23(21)25/h2-5,9-12,17-19,24-25H,6-8,13-16H2,1H3,(H,29,34)(H,32,33). The predicted molar refractivity (Wildman–Crippen MR) is 131 cm³/mol. The van der Waals surface area contributed by atoms with E-state index in [2.05, 4.69) is 29.6 Å². The van der Waals surface area contributed by atoms with Gasteiger partial charge in [0.1, 0.15) is 6.61 Å². The lowest BCUT2D eigenvalue weighted by Gasteiger charge is -2.42. The SMILES string of the molecule is CN(C(=O)C(CNC(=O)OCC1c2ccccc2-c2ccccc21)C1CCC1)C1CC(C(=O)O)C1. The van der Waals surface area contributed by atoms with Gasteiger partial charge in [0.15, 0.2) is 0 Å². The quantitative estimate of drug-likeness (QED) is 0.593. The van der Waals surface area contributed by atoms with Crippen LogP contribution < -0.4 is 5.32 Å². The molecule has 0 aliphatic heterocycles. The highest BCUT2D eigenvalue weighted by atomic mass is 16.5. The minimum Gasteiger partial charge on any atom is -0.481 e. The zero-order valence-electron chi connectivity index (χ0n) is 20.0. The number of rotatable bonds is 8. The maximum Gasteiger partial charge on any atom is 0.407 e. The van der Waals surface area contributed by atoms with Gasteiger partial charge in [0.2, 0.25) is 5.91 Å². The Morgan fingerprint density at radius 2 is 1.63 bits per heavy atom. The number of fused-ring (bicyclic) bond motifs is 3. The lowest BCUT2D eigenvalue weighted by molar-refractivity contribution is -0.152. The number of hydrogen-bond acceptors (Lipinski definition) is 4. The Morgan fingerprint density at radius 1 is 1.03 bits per heavy atom. The summed E-state index contributed by atoms with van der Waals surface area (Å²) < 4.78 is 5.64. The first-order chi connectivity index (χ1) is 16.9. The van der Waals surface area contributed by atoms with Gasteiger partial charge in [0.05, 0.1) is 11.8 Å². The lowest BCUT2D eigenvalue weighted by atomic mass is 9.74. The summed E-state index contributed by atoms with van der Waals surface area (Å²) in [4.78, 5) is 38.7. The second kappa shape index (κ2) is 9.72. The third kappa shape index (κ3) is 4.51. The summed E-state index contributed by atoms with van der Waals surface area (Å²) in [7, 11) is 1.75. The predicted octanol–water partition coefficient (Wildman–Crippen LogP) is 4.26. The molecule has 2 N–H and O–H groups in total. The van der Waals surface area contributed by atoms with Crippen molar-refractivity contribution in [3.63, 3.8) is 0 Å². The first-order valence-electron chi connectivity index (χ1n) is 12.5. The molecule has 1 unspecified atom stereocenters. The fourth-order valence-electron chi connectivity index (χ4n) is 5.69. The second-order valence-corrected chi connectivity index (χ2v) is 10.1. The third-order valence-electron chi connectivity index (χ3n) is 8.20. The van der Waals surface area contributed by atoms with E-state index in [1.54, 1.807) is 11.9 Å². The molecule has 184 valence electrons. The van der Waals surface area contributed by atoms with Gasteiger partial charge in [0.25, 0.3) is 0 Å². The van der Waals surface area contributed by atoms with Crippen molar-refractivity contribution in [3.05, 3.63) is 59.7 Å². The number of nitrogens with zero attached hydrogens (tertiary/aromatic N) is 1. The van der Waals surface area contributed by atoms with E-state index in [4.69, 9.17) is 9.84 Å². The zero-order valence-corrected chi connectivity index (χ0v) is 20.0. The first kappa shape index (κ1) is 23.4. The third-order valence-corrected chi connectivity index (χ3v) is 8.20. The summed E-state index contributed by atoms with van der Waals surface area (Å²) in [6.07, 6.45) is 3.51. The fourth-order valence-corrected chi connectivity index (χ4v) is 5.69. The molecule has 2 aromatic carbocycles. The van der Waals surface area contributed by atoms with E-state index >= 15 is 0 Å². The van der Waals surface area contributed by atoms with E-state index in [1.807, 2.05) is 24.3 Å². The molecule has 2 aromatic rings. The molecular formula is C28H32N2O5. The Hall–Kier alpha value is -3.35. The molecule has 5 rings (SSSR count). The Balaban J connectivity index is 1.17. The van der Waals surface area contributed by atoms with E-state index in [-0.39, 0.29) is 48.8 Å². The number of ether oxygens (including phenoxy) is 1. The van der Waals surface area contributed by atoms with Gasteiger partial charge in [-0.2, -0.15) is 0 Å². The highest BCUT2D eigenvalue weighted by Gasteiger charge is 2.42. The number of benzene rings is 2. The van der Waals surface area contributed by atoms with E-state index in [0.717, 1.165) is 30.4 Å². The van der Waals surface area contributed by atoms with Crippen molar-refractivity contribution in [2.45, 2.75) is 44.1 Å². The summed E-state index contributed by atoms with van der Waals surface area (Å²) in [5.74, 6) is -1.25. The summed E-state index contributed by atoms with van der Waals surface area (Å²) in [6.45, 7) is 0.472. The average molecular weight is 477 g/mol. The Kier molecular flexibility index (Phi) is 6.50. The lowest BCUT2D eigenvalue weighted by Crippen LogP contribution is -2.52. The number of amides is 2. The molecule has 0 spiro atoms. The summed E-state index contributed by atoms with van der Waals surface area (Å²) in [5.41, 5.74) is 4.67. The fraction of sp³-hybridized carbons (Fsp3) is 0.464. The topological polar surface area (TPSA) is 95.9 Å². The van der Waals surface area contributed by atoms with Crippen molar-refractivity contribution in [1.82, 2.24) is 10.2 Å². The van der Waals surface area contributed by atoms with Gasteiger partial charge >= 0.3 is 12.1 Å². The molecule has 7 nitrogen and oxygen atoms in total. The smallest absolute Gasteiger partial charge is 0.407 e. The largest absolute Gasteiger partial charge is 0.481 e. The number of alkyl carbamates (subject to hydrolysis) is 1. The molecule has 0 heterocycles. The normalized spacial score (nSPS) is 21.6. The van der Waals surface area contributed by atoms with Crippen LogP contribution in [-0.2, 0) is 14.3 Å². The number of aliphatic carboxylic acids is 1. The van der Waals surface area contributed by atoms with Crippen LogP contribution in [0, 0.1) is 17.8 Å². The van der Waals surface area contributed by atoms with Crippen LogP contribution in [0.5, 0.6) is 0 Å². The van der Waals surface area contributed by atoms with E-state index < -0.39 is 12.1 Å². The molecule has 0 radical (unpaired) electrons. The van der Waals surface area contributed by atoms with Crippen molar-refractivity contribution in [1.29, 1.82) is 0 Å². The van der Waals surface area contributed by atoms with Crippen LogP contribution in [0.2, 0.25) is 0 Å². The molecule has 3 aliphatic rings. The van der Waals surface area contributed by atoms with Gasteiger partial charge in [0, 0.05) is 25.6 Å². The number of carboxylic acids is 1. The van der Waals surface area contributed by atoms with Gasteiger partial charge in [-0.25, -0.2) is 4.79 Å². The Morgan fingerprint density at radius 3 is 2.17 bits per heavy atom. The summed E-state index contributed by atoms with van der Waals surface area (Å²) >= 11 is 0. The molecular weight excluding hydrogens is 444 g/mol. The first-order valence-corrected chi connectivity index (χ1v) is 12.5. The zero-order chi connectivity index (χ0) is 24.5. The average Bonchev–Trinajstić information content (AvgIpc) is 3.11. The molecule has 1 atom stereocenters. The van der Waals surface area contributed by atoms with Crippen molar-refractivity contribution < 1.29 is 24.2 Å². The van der Waals surface area contributed by atoms with E-state index in [9.17, 15) is 14.4 Å². The second-order valence-electron chi connectivity index (χ2n) is 10.1. The van der Waals surface area contributed by atoms with Crippen LogP contribution in [0.4, 0.5) is 4.79 Å². The number of carbonyl (C=O) groups is 3. The molecule has 0 bridgehead atoms. The number of nitrogens with one attached hydrogen (secondary N) is 1. The Bertz CT molecular complexity index is 1080. The maximum absolute atomic E-state index is 13.2. The summed E-state index contributed by atoms with van der Waals surface area (Å²) in [5, 5.41) is 12.0. The van der Waals surface area contributed by atoms with Crippen LogP contribution in [0.3, 0.4) is 0 Å². The molecule has 3 aliphatic carbocycles. The van der Waals surface area contributed by atoms with Crippen molar-refractivity contribution in [2.24, 2.45) is 17.8 Å². The molecule has 2 saturated carbocycles. The molecule has 2 amide bonds. The minimum atomic E-state index is -0.797. The van der Waals surface area contributed by atoms with Crippen LogP contribution in [0.1, 0.15) is 49.1 Å². The van der Waals surface area contributed by atoms with Gasteiger partial charge in [-0.05, 0) is 53.9 Å². The summed E-state index contributed by atoms with van der Waals surface area (Å²) in [6, 6.07) is 16.4. The number of hydrogen-bond donors (Lipinski definition) is 2. The van der Waals surface area contributed by atoms with Gasteiger partial charge in [-0.3, -0.25) is 9.59 Å². The minimum absolute atomic E-state index is 0.0101. The molecule has 0 saturated heterocycles. The van der Waals surface area contributed by atoms with Crippen LogP contribution in [0.15, 0.2) is 48.5 Å². The Labute approximate surface area is 205 Å². The monoisotopic (exact) mass is 476 g/mol. The molecule has 7 heteroatoms. The van der Waals surface area contributed by atoms with Gasteiger partial charge in [-0.15, -0.1) is 0 Å². The highest BCUT2D eigenvalue weighted by Crippen LogP contribution is 2.44. The van der Waals surface area contributed by atoms with Crippen LogP contribution in [0.25, 0.3) is 11.1 Å². The van der Waals surface area contributed by atoms with Gasteiger partial charge < -0.3 is 20.1 Å². The highest BCUT2D eigenvalue weighted by molar-refractivity contribution is 5.81. The molecule has 2 fully saturated rings. The van der Waals surface area contributed by atoms with E-state index in [0.29, 0.717) is 12.8 Å². The van der Waals surface area contributed by atoms with Crippen molar-refractivity contribution in [2.75, 3.05) is 20.2 Å². The number of carbonyl (C=O) groups excluding carboxylic acids is 2. The molecule has 35 heavy (non-hydrogen) atoms. The van der Waals surface area contributed by atoms with Crippen LogP contribution in [-0.4, -0.2) is 54.2 Å². The van der Waals surface area contributed by atoms with Crippen molar-refractivity contribution >= 4 is 18.0 Å². The van der Waals surface area contributed by atoms with Crippen molar-refractivity contribution in [3.8, 4) is 11.1 Å². The number of carboxylic acid groups (broad SMARTS) is 1. The van der Waals surface area contributed by atoms with Gasteiger partial charge in [-0.1, -0.05) is 55.0 Å². The maximum atomic E-state index is 13.2. The van der Waals surface area contributed by atoms with Crippen LogP contribution >= 0.6 is 0 Å². The molecule has 0 aromatic heterocycles.